The van der Waals surface area contributed by atoms with E-state index in [-0.39, 0.29) is 37.0 Å². The number of carbonyl (C=O) groups is 3. The summed E-state index contributed by atoms with van der Waals surface area (Å²) in [5.41, 5.74) is 3.51. The summed E-state index contributed by atoms with van der Waals surface area (Å²) in [4.78, 5) is 34.4. The van der Waals surface area contributed by atoms with E-state index in [1.54, 1.807) is 0 Å². The van der Waals surface area contributed by atoms with Crippen LogP contribution in [0.5, 0.6) is 5.75 Å². The van der Waals surface area contributed by atoms with Crippen LogP contribution in [0.15, 0.2) is 60.7 Å². The zero-order chi connectivity index (χ0) is 25.3. The molecule has 2 rings (SSSR count). The quantitative estimate of drug-likeness (QED) is 0.359. The molecule has 182 valence electrons. The first-order chi connectivity index (χ1) is 16.0. The van der Waals surface area contributed by atoms with Crippen LogP contribution in [0, 0.1) is 6.92 Å². The molecule has 0 fully saturated rings. The first-order valence-corrected chi connectivity index (χ1v) is 11.0. The second-order valence-electron chi connectivity index (χ2n) is 8.71. The zero-order valence-corrected chi connectivity index (χ0v) is 20.1. The van der Waals surface area contributed by atoms with E-state index in [2.05, 4.69) is 51.6 Å². The van der Waals surface area contributed by atoms with Crippen molar-refractivity contribution in [1.82, 2.24) is 0 Å². The van der Waals surface area contributed by atoms with Gasteiger partial charge in [0.05, 0.1) is 12.8 Å². The van der Waals surface area contributed by atoms with Crippen LogP contribution in [-0.2, 0) is 29.3 Å². The molecule has 0 aliphatic carbocycles. The molecule has 1 unspecified atom stereocenters. The zero-order valence-electron chi connectivity index (χ0n) is 20.1. The Labute approximate surface area is 200 Å². The third kappa shape index (κ3) is 8.06. The molecular formula is C27H32O7. The number of hydrogen-bond donors (Lipinski definition) is 1. The van der Waals surface area contributed by atoms with Crippen molar-refractivity contribution in [2.75, 3.05) is 13.2 Å². The highest BCUT2D eigenvalue weighted by molar-refractivity contribution is 5.86. The van der Waals surface area contributed by atoms with Gasteiger partial charge in [0.1, 0.15) is 19.0 Å². The number of esters is 2. The second-order valence-corrected chi connectivity index (χ2v) is 8.71. The van der Waals surface area contributed by atoms with Crippen molar-refractivity contribution in [2.45, 2.75) is 52.1 Å². The topological polar surface area (TPSA) is 99.1 Å². The van der Waals surface area contributed by atoms with E-state index in [1.807, 2.05) is 24.3 Å². The summed E-state index contributed by atoms with van der Waals surface area (Å²) in [5, 5.41) is 8.74. The average Bonchev–Trinajstić information content (AvgIpc) is 2.79. The molecule has 0 aliphatic rings. The van der Waals surface area contributed by atoms with Gasteiger partial charge in [-0.3, -0.25) is 9.59 Å². The smallest absolute Gasteiger partial charge is 0.333 e. The van der Waals surface area contributed by atoms with Gasteiger partial charge in [0.25, 0.3) is 0 Å². The fourth-order valence-electron chi connectivity index (χ4n) is 3.16. The molecule has 34 heavy (non-hydrogen) atoms. The Morgan fingerprint density at radius 3 is 2.03 bits per heavy atom. The third-order valence-corrected chi connectivity index (χ3v) is 5.38. The van der Waals surface area contributed by atoms with Gasteiger partial charge < -0.3 is 19.3 Å². The van der Waals surface area contributed by atoms with E-state index in [0.29, 0.717) is 5.75 Å². The van der Waals surface area contributed by atoms with Gasteiger partial charge >= 0.3 is 17.9 Å². The molecule has 7 nitrogen and oxygen atoms in total. The Kier molecular flexibility index (Phi) is 9.42. The van der Waals surface area contributed by atoms with Crippen molar-refractivity contribution in [1.29, 1.82) is 0 Å². The summed E-state index contributed by atoms with van der Waals surface area (Å²) in [5.74, 6) is -1.87. The van der Waals surface area contributed by atoms with Gasteiger partial charge in [-0.15, -0.1) is 0 Å². The maximum atomic E-state index is 12.0. The summed E-state index contributed by atoms with van der Waals surface area (Å²) in [6.07, 6.45) is -1.53. The summed E-state index contributed by atoms with van der Waals surface area (Å²) in [6.45, 7) is 11.1. The number of hydrogen-bond acceptors (Lipinski definition) is 6. The number of aryl methyl sites for hydroxylation is 1. The molecule has 0 radical (unpaired) electrons. The van der Waals surface area contributed by atoms with Gasteiger partial charge in [-0.2, -0.15) is 0 Å². The van der Waals surface area contributed by atoms with E-state index >= 15 is 0 Å². The minimum absolute atomic E-state index is 0.0665. The Morgan fingerprint density at radius 2 is 1.50 bits per heavy atom. The number of carboxylic acids is 1. The van der Waals surface area contributed by atoms with E-state index in [1.165, 1.54) is 18.1 Å². The molecule has 1 N–H and O–H groups in total. The van der Waals surface area contributed by atoms with Crippen LogP contribution in [-0.4, -0.2) is 42.3 Å². The predicted molar refractivity (Wildman–Crippen MR) is 128 cm³/mol. The van der Waals surface area contributed by atoms with E-state index in [9.17, 15) is 14.4 Å². The Morgan fingerprint density at radius 1 is 0.941 bits per heavy atom. The predicted octanol–water partition coefficient (Wildman–Crippen LogP) is 4.60. The molecule has 0 aliphatic heterocycles. The van der Waals surface area contributed by atoms with Crippen molar-refractivity contribution in [3.8, 4) is 5.75 Å². The molecule has 0 spiro atoms. The van der Waals surface area contributed by atoms with E-state index in [0.717, 1.165) is 5.56 Å². The van der Waals surface area contributed by atoms with Crippen molar-refractivity contribution in [2.24, 2.45) is 0 Å². The number of rotatable bonds is 12. The fraction of sp³-hybridized carbons (Fsp3) is 0.370. The standard InChI is InChI=1S/C27H32O7/c1-18(2)26(31)33-17-23(34-25(30)15-14-24(28)29)16-32-22-12-10-21(11-13-22)27(4,5)20-8-6-19(3)7-9-20/h6-13,23H,1,14-17H2,2-5H3,(H,28,29). The molecule has 0 saturated carbocycles. The van der Waals surface area contributed by atoms with Crippen LogP contribution in [0.25, 0.3) is 0 Å². The van der Waals surface area contributed by atoms with Gasteiger partial charge in [0.15, 0.2) is 6.10 Å². The lowest BCUT2D eigenvalue weighted by molar-refractivity contribution is -0.160. The van der Waals surface area contributed by atoms with Crippen LogP contribution in [0.4, 0.5) is 0 Å². The highest BCUT2D eigenvalue weighted by Gasteiger charge is 2.23. The lowest BCUT2D eigenvalue weighted by atomic mass is 9.78. The highest BCUT2D eigenvalue weighted by Crippen LogP contribution is 2.32. The maximum Gasteiger partial charge on any atom is 0.333 e. The van der Waals surface area contributed by atoms with Crippen molar-refractivity contribution in [3.05, 3.63) is 77.4 Å². The summed E-state index contributed by atoms with van der Waals surface area (Å²) < 4.78 is 16.1. The summed E-state index contributed by atoms with van der Waals surface area (Å²) in [7, 11) is 0. The number of aliphatic carboxylic acids is 1. The Bertz CT molecular complexity index is 1000. The van der Waals surface area contributed by atoms with Crippen LogP contribution in [0.1, 0.15) is 50.3 Å². The van der Waals surface area contributed by atoms with Gasteiger partial charge in [0.2, 0.25) is 0 Å². The second kappa shape index (κ2) is 12.0. The molecule has 0 saturated heterocycles. The molecule has 0 heterocycles. The number of ether oxygens (including phenoxy) is 3. The van der Waals surface area contributed by atoms with Gasteiger partial charge in [-0.05, 0) is 37.1 Å². The van der Waals surface area contributed by atoms with Crippen molar-refractivity contribution in [3.63, 3.8) is 0 Å². The van der Waals surface area contributed by atoms with E-state index < -0.39 is 24.0 Å². The Balaban J connectivity index is 2.03. The number of benzene rings is 2. The molecule has 2 aromatic rings. The Hall–Kier alpha value is -3.61. The highest BCUT2D eigenvalue weighted by atomic mass is 16.6. The van der Waals surface area contributed by atoms with Crippen LogP contribution in [0.3, 0.4) is 0 Å². The molecule has 0 aromatic heterocycles. The molecular weight excluding hydrogens is 436 g/mol. The van der Waals surface area contributed by atoms with Crippen LogP contribution >= 0.6 is 0 Å². The van der Waals surface area contributed by atoms with Gasteiger partial charge in [0, 0.05) is 11.0 Å². The summed E-state index contributed by atoms with van der Waals surface area (Å²) in [6, 6.07) is 16.0. The van der Waals surface area contributed by atoms with E-state index in [4.69, 9.17) is 19.3 Å². The normalized spacial score (nSPS) is 11.9. The maximum absolute atomic E-state index is 12.0. The van der Waals surface area contributed by atoms with Crippen molar-refractivity contribution < 1.29 is 33.7 Å². The minimum Gasteiger partial charge on any atom is -0.490 e. The SMILES string of the molecule is C=C(C)C(=O)OCC(COc1ccc(C(C)(C)c2ccc(C)cc2)cc1)OC(=O)CCC(=O)O. The lowest BCUT2D eigenvalue weighted by Gasteiger charge is -2.26. The molecule has 1 atom stereocenters. The average molecular weight is 469 g/mol. The molecule has 7 heteroatoms. The lowest BCUT2D eigenvalue weighted by Crippen LogP contribution is -2.31. The van der Waals surface area contributed by atoms with Crippen molar-refractivity contribution >= 4 is 17.9 Å². The minimum atomic E-state index is -1.10. The molecule has 0 amide bonds. The third-order valence-electron chi connectivity index (χ3n) is 5.38. The fourth-order valence-corrected chi connectivity index (χ4v) is 3.16. The number of carbonyl (C=O) groups excluding carboxylic acids is 2. The first kappa shape index (κ1) is 26.6. The summed E-state index contributed by atoms with van der Waals surface area (Å²) >= 11 is 0. The number of carboxylic acid groups (broad SMARTS) is 1. The molecule has 0 bridgehead atoms. The largest absolute Gasteiger partial charge is 0.490 e. The van der Waals surface area contributed by atoms with Gasteiger partial charge in [-0.1, -0.05) is 62.4 Å². The van der Waals surface area contributed by atoms with Crippen LogP contribution in [0.2, 0.25) is 0 Å². The molecule has 2 aromatic carbocycles. The van der Waals surface area contributed by atoms with Crippen LogP contribution < -0.4 is 4.74 Å². The monoisotopic (exact) mass is 468 g/mol. The van der Waals surface area contributed by atoms with Gasteiger partial charge in [-0.25, -0.2) is 4.79 Å². The first-order valence-electron chi connectivity index (χ1n) is 11.0.